The molecule has 0 amide bonds. The van der Waals surface area contributed by atoms with E-state index in [-0.39, 0.29) is 40.0 Å². The molecule has 0 atom stereocenters. The quantitative estimate of drug-likeness (QED) is 0.546. The fraction of sp³-hybridized carbons (Fsp3) is 0.636. The molecule has 2 heterocycles. The third-order valence-corrected chi connectivity index (χ3v) is 14.8. The molecule has 0 N–H and O–H groups in total. The topological polar surface area (TPSA) is 3.24 Å². The van der Waals surface area contributed by atoms with E-state index in [1.807, 2.05) is 11.3 Å². The molecule has 17 heavy (non-hydrogen) atoms. The van der Waals surface area contributed by atoms with Crippen molar-refractivity contribution >= 4 is 50.9 Å². The van der Waals surface area contributed by atoms with Crippen LogP contribution in [0.2, 0.25) is 38.3 Å². The first-order valence-electron chi connectivity index (χ1n) is 5.63. The standard InChI is InChI=1S/C11H20NSSi2.BrH.Mg/c1-14(2)8-9-15(3,4)12(14)10-11-6-5-7-13-11;;/h6-7H,8-10H2,1-4H3;1H;/q-1;;+2/p-1. The summed E-state index contributed by atoms with van der Waals surface area (Å²) in [4.78, 5) is 1.50. The van der Waals surface area contributed by atoms with E-state index in [2.05, 4.69) is 47.9 Å². The van der Waals surface area contributed by atoms with E-state index >= 15 is 0 Å². The molecule has 1 aromatic heterocycles. The largest absolute Gasteiger partial charge is 2.00 e. The van der Waals surface area contributed by atoms with Gasteiger partial charge in [-0.1, -0.05) is 26.2 Å². The molecule has 1 aliphatic rings. The van der Waals surface area contributed by atoms with Crippen LogP contribution in [0, 0.1) is 6.07 Å². The van der Waals surface area contributed by atoms with E-state index in [1.165, 1.54) is 23.5 Å². The van der Waals surface area contributed by atoms with Crippen molar-refractivity contribution in [3.8, 4) is 0 Å². The van der Waals surface area contributed by atoms with E-state index in [1.54, 1.807) is 0 Å². The van der Waals surface area contributed by atoms with Gasteiger partial charge >= 0.3 is 23.1 Å². The van der Waals surface area contributed by atoms with Gasteiger partial charge in [0.05, 0.1) is 0 Å². The van der Waals surface area contributed by atoms with Crippen LogP contribution in [0.15, 0.2) is 11.4 Å². The van der Waals surface area contributed by atoms with Gasteiger partial charge in [0, 0.05) is 0 Å². The van der Waals surface area contributed by atoms with Gasteiger partial charge in [-0.2, -0.15) is 0 Å². The van der Waals surface area contributed by atoms with Gasteiger partial charge in [-0.15, -0.1) is 10.3 Å². The third-order valence-electron chi connectivity index (χ3n) is 3.65. The Bertz CT molecular complexity index is 327. The third kappa shape index (κ3) is 4.15. The minimum absolute atomic E-state index is 0. The Kier molecular flexibility index (Phi) is 7.20. The van der Waals surface area contributed by atoms with Crippen LogP contribution in [0.4, 0.5) is 0 Å². The first-order chi connectivity index (χ1) is 6.92. The zero-order valence-electron chi connectivity index (χ0n) is 11.2. The molecule has 0 radical (unpaired) electrons. The normalized spacial score (nSPS) is 21.6. The van der Waals surface area contributed by atoms with Gasteiger partial charge in [-0.25, -0.2) is 12.1 Å². The van der Waals surface area contributed by atoms with Crippen LogP contribution >= 0.6 is 11.3 Å². The second-order valence-corrected chi connectivity index (χ2v) is 16.5. The van der Waals surface area contributed by atoms with E-state index in [9.17, 15) is 0 Å². The van der Waals surface area contributed by atoms with Crippen LogP contribution in [-0.4, -0.2) is 43.8 Å². The van der Waals surface area contributed by atoms with Crippen LogP contribution < -0.4 is 17.0 Å². The maximum Gasteiger partial charge on any atom is 2.00 e. The van der Waals surface area contributed by atoms with Crippen molar-refractivity contribution in [1.29, 1.82) is 0 Å². The molecule has 1 aromatic rings. The predicted molar refractivity (Wildman–Crippen MR) is 79.0 cm³/mol. The summed E-state index contributed by atoms with van der Waals surface area (Å²) in [5.41, 5.74) is 0. The summed E-state index contributed by atoms with van der Waals surface area (Å²) in [5, 5.41) is 2.08. The molecule has 0 aromatic carbocycles. The van der Waals surface area contributed by atoms with Crippen molar-refractivity contribution in [2.45, 2.75) is 44.8 Å². The van der Waals surface area contributed by atoms with Crippen molar-refractivity contribution < 1.29 is 17.0 Å². The molecule has 0 bridgehead atoms. The van der Waals surface area contributed by atoms with Gasteiger partial charge in [-0.3, -0.25) is 11.3 Å². The summed E-state index contributed by atoms with van der Waals surface area (Å²) in [6.07, 6.45) is 0. The van der Waals surface area contributed by atoms with Gasteiger partial charge in [0.25, 0.3) is 0 Å². The molecule has 2 rings (SSSR count). The zero-order chi connectivity index (χ0) is 11.1. The molecule has 1 aliphatic heterocycles. The van der Waals surface area contributed by atoms with E-state index in [0.29, 0.717) is 0 Å². The summed E-state index contributed by atoms with van der Waals surface area (Å²) < 4.78 is 2.92. The molecule has 6 heteroatoms. The van der Waals surface area contributed by atoms with Crippen LogP contribution in [0.1, 0.15) is 4.88 Å². The summed E-state index contributed by atoms with van der Waals surface area (Å²) in [6.45, 7) is 11.3. The van der Waals surface area contributed by atoms with Gasteiger partial charge in [0.2, 0.25) is 0 Å². The molecular formula is C11H20BrMgNSSi2. The summed E-state index contributed by atoms with van der Waals surface area (Å²) in [6, 6.07) is 8.35. The molecule has 1 fully saturated rings. The van der Waals surface area contributed by atoms with Crippen LogP contribution in [0.3, 0.4) is 0 Å². The average Bonchev–Trinajstić information content (AvgIpc) is 2.69. The molecule has 0 spiro atoms. The Labute approximate surface area is 138 Å². The number of thiophene rings is 1. The SMILES string of the molecule is C[Si]1(C)CC[Si](C)(C)N1Cc1c[c-]cs1.[Br-].[Mg+2]. The van der Waals surface area contributed by atoms with E-state index in [0.717, 1.165) is 0 Å². The fourth-order valence-corrected chi connectivity index (χ4v) is 17.4. The smallest absolute Gasteiger partial charge is 1.00 e. The predicted octanol–water partition coefficient (Wildman–Crippen LogP) is 0.397. The van der Waals surface area contributed by atoms with E-state index in [4.69, 9.17) is 0 Å². The minimum Gasteiger partial charge on any atom is -1.00 e. The number of hydrogen-bond acceptors (Lipinski definition) is 2. The molecule has 1 nitrogen and oxygen atoms in total. The van der Waals surface area contributed by atoms with Crippen molar-refractivity contribution in [2.75, 3.05) is 0 Å². The summed E-state index contributed by atoms with van der Waals surface area (Å²) in [5.74, 6) is 0. The van der Waals surface area contributed by atoms with Gasteiger partial charge < -0.3 is 21.2 Å². The molecule has 1 saturated heterocycles. The second-order valence-electron chi connectivity index (χ2n) is 5.72. The van der Waals surface area contributed by atoms with Crippen LogP contribution in [0.25, 0.3) is 0 Å². The monoisotopic (exact) mass is 357 g/mol. The molecular weight excluding hydrogens is 339 g/mol. The summed E-state index contributed by atoms with van der Waals surface area (Å²) in [7, 11) is -2.15. The second kappa shape index (κ2) is 6.67. The van der Waals surface area contributed by atoms with Crippen molar-refractivity contribution in [1.82, 2.24) is 4.23 Å². The average molecular weight is 359 g/mol. The maximum absolute atomic E-state index is 3.18. The Balaban J connectivity index is 0.00000128. The van der Waals surface area contributed by atoms with Crippen molar-refractivity contribution in [3.05, 3.63) is 22.4 Å². The number of halogens is 1. The summed E-state index contributed by atoms with van der Waals surface area (Å²) >= 11 is 1.86. The molecule has 0 unspecified atom stereocenters. The van der Waals surface area contributed by atoms with Crippen LogP contribution in [-0.2, 0) is 6.54 Å². The molecule has 0 aliphatic carbocycles. The van der Waals surface area contributed by atoms with Crippen LogP contribution in [0.5, 0.6) is 0 Å². The minimum atomic E-state index is -1.07. The van der Waals surface area contributed by atoms with Gasteiger partial charge in [-0.05, 0) is 18.6 Å². The van der Waals surface area contributed by atoms with Gasteiger partial charge in [0.1, 0.15) is 16.5 Å². The van der Waals surface area contributed by atoms with E-state index < -0.39 is 16.5 Å². The number of hydrogen-bond donors (Lipinski definition) is 0. The number of nitrogens with zero attached hydrogens (tertiary/aromatic N) is 1. The maximum atomic E-state index is 3.18. The Hall–Kier alpha value is 1.34. The van der Waals surface area contributed by atoms with Crippen molar-refractivity contribution in [3.63, 3.8) is 0 Å². The Morgan fingerprint density at radius 1 is 1.24 bits per heavy atom. The zero-order valence-corrected chi connectivity index (χ0v) is 17.0. The van der Waals surface area contributed by atoms with Crippen molar-refractivity contribution in [2.24, 2.45) is 0 Å². The first-order valence-corrected chi connectivity index (χ1v) is 12.8. The number of rotatable bonds is 2. The fourth-order valence-electron chi connectivity index (χ4n) is 2.64. The van der Waals surface area contributed by atoms with Gasteiger partial charge in [0.15, 0.2) is 0 Å². The Morgan fingerprint density at radius 2 is 1.76 bits per heavy atom. The molecule has 92 valence electrons. The molecule has 0 saturated carbocycles. The first kappa shape index (κ1) is 18.3. The Morgan fingerprint density at radius 3 is 2.18 bits per heavy atom.